The molecule has 1 fully saturated rings. The molecule has 0 unspecified atom stereocenters. The molecule has 0 saturated heterocycles. The number of hydrogen-bond donors (Lipinski definition) is 0. The normalized spacial score (nSPS) is 23.6. The van der Waals surface area contributed by atoms with Crippen LogP contribution in [0.2, 0.25) is 0 Å². The average molecular weight is 272 g/mol. The van der Waals surface area contributed by atoms with Gasteiger partial charge >= 0.3 is 0 Å². The van der Waals surface area contributed by atoms with E-state index in [0.717, 1.165) is 24.3 Å². The van der Waals surface area contributed by atoms with Crippen molar-refractivity contribution in [3.63, 3.8) is 0 Å². The fraction of sp³-hybridized carbons (Fsp3) is 0.632. The minimum Gasteiger partial charge on any atom is -0.294 e. The third-order valence-electron chi connectivity index (χ3n) is 4.83. The van der Waals surface area contributed by atoms with Crippen LogP contribution in [-0.2, 0) is 5.41 Å². The molecule has 0 N–H and O–H groups in total. The van der Waals surface area contributed by atoms with Gasteiger partial charge in [-0.3, -0.25) is 4.79 Å². The van der Waals surface area contributed by atoms with E-state index in [0.29, 0.717) is 5.78 Å². The number of carbonyl (C=O) groups excluding carboxylic acids is 1. The van der Waals surface area contributed by atoms with Crippen molar-refractivity contribution in [3.05, 3.63) is 35.4 Å². The molecule has 1 aliphatic carbocycles. The van der Waals surface area contributed by atoms with Gasteiger partial charge in [-0.25, -0.2) is 0 Å². The summed E-state index contributed by atoms with van der Waals surface area (Å²) in [7, 11) is 0. The molecule has 0 amide bonds. The molecule has 0 heterocycles. The number of hydrogen-bond acceptors (Lipinski definition) is 1. The maximum atomic E-state index is 12.6. The first-order valence-electron chi connectivity index (χ1n) is 8.06. The van der Waals surface area contributed by atoms with Crippen molar-refractivity contribution in [1.82, 2.24) is 0 Å². The van der Waals surface area contributed by atoms with Gasteiger partial charge in [-0.15, -0.1) is 0 Å². The topological polar surface area (TPSA) is 17.1 Å². The van der Waals surface area contributed by atoms with Crippen molar-refractivity contribution in [2.45, 2.75) is 65.2 Å². The second-order valence-corrected chi connectivity index (χ2v) is 7.32. The molecule has 2 rings (SSSR count). The van der Waals surface area contributed by atoms with E-state index in [1.54, 1.807) is 0 Å². The first kappa shape index (κ1) is 15.3. The van der Waals surface area contributed by atoms with Gasteiger partial charge in [0.2, 0.25) is 0 Å². The maximum Gasteiger partial charge on any atom is 0.165 e. The van der Waals surface area contributed by atoms with Gasteiger partial charge < -0.3 is 0 Å². The van der Waals surface area contributed by atoms with Crippen molar-refractivity contribution in [1.29, 1.82) is 0 Å². The number of rotatable bonds is 3. The SMILES string of the molecule is CCC1CCC(C(=O)c2ccc(C(C)(C)C)cc2)CC1. The van der Waals surface area contributed by atoms with Crippen LogP contribution in [-0.4, -0.2) is 5.78 Å². The van der Waals surface area contributed by atoms with Gasteiger partial charge in [0, 0.05) is 11.5 Å². The van der Waals surface area contributed by atoms with Gasteiger partial charge in [0.1, 0.15) is 0 Å². The van der Waals surface area contributed by atoms with Crippen LogP contribution < -0.4 is 0 Å². The van der Waals surface area contributed by atoms with Crippen LogP contribution in [0.5, 0.6) is 0 Å². The van der Waals surface area contributed by atoms with Crippen molar-refractivity contribution in [3.8, 4) is 0 Å². The van der Waals surface area contributed by atoms with Gasteiger partial charge in [-0.05, 0) is 42.6 Å². The molecule has 0 aliphatic heterocycles. The molecule has 110 valence electrons. The van der Waals surface area contributed by atoms with E-state index >= 15 is 0 Å². The zero-order valence-corrected chi connectivity index (χ0v) is 13.4. The Bertz CT molecular complexity index is 442. The number of Topliss-reactive ketones (excluding diaryl/α,β-unsaturated/α-hetero) is 1. The van der Waals surface area contributed by atoms with Crippen LogP contribution in [0.3, 0.4) is 0 Å². The van der Waals surface area contributed by atoms with E-state index in [2.05, 4.69) is 39.8 Å². The van der Waals surface area contributed by atoms with Crippen molar-refractivity contribution in [2.24, 2.45) is 11.8 Å². The Labute approximate surface area is 123 Å². The predicted molar refractivity (Wildman–Crippen MR) is 85.2 cm³/mol. The highest BCUT2D eigenvalue weighted by Crippen LogP contribution is 2.33. The third kappa shape index (κ3) is 3.50. The summed E-state index contributed by atoms with van der Waals surface area (Å²) in [5.74, 6) is 1.47. The lowest BCUT2D eigenvalue weighted by Crippen LogP contribution is -2.22. The molecule has 1 heteroatoms. The fourth-order valence-electron chi connectivity index (χ4n) is 3.20. The van der Waals surface area contributed by atoms with Gasteiger partial charge in [0.15, 0.2) is 5.78 Å². The van der Waals surface area contributed by atoms with Gasteiger partial charge in [0.25, 0.3) is 0 Å². The van der Waals surface area contributed by atoms with E-state index in [-0.39, 0.29) is 11.3 Å². The van der Waals surface area contributed by atoms with E-state index in [1.807, 2.05) is 12.1 Å². The highest BCUT2D eigenvalue weighted by Gasteiger charge is 2.26. The molecule has 1 saturated carbocycles. The van der Waals surface area contributed by atoms with Crippen LogP contribution in [0.4, 0.5) is 0 Å². The molecular weight excluding hydrogens is 244 g/mol. The molecule has 0 atom stereocenters. The lowest BCUT2D eigenvalue weighted by molar-refractivity contribution is 0.0871. The summed E-state index contributed by atoms with van der Waals surface area (Å²) in [5, 5.41) is 0. The third-order valence-corrected chi connectivity index (χ3v) is 4.83. The summed E-state index contributed by atoms with van der Waals surface area (Å²) in [4.78, 5) is 12.6. The molecule has 1 nitrogen and oxygen atoms in total. The molecular formula is C19H28O. The first-order valence-corrected chi connectivity index (χ1v) is 8.06. The highest BCUT2D eigenvalue weighted by molar-refractivity contribution is 5.97. The van der Waals surface area contributed by atoms with E-state index in [9.17, 15) is 4.79 Å². The smallest absolute Gasteiger partial charge is 0.165 e. The van der Waals surface area contributed by atoms with E-state index < -0.39 is 0 Å². The molecule has 0 spiro atoms. The van der Waals surface area contributed by atoms with Gasteiger partial charge in [-0.1, -0.05) is 58.4 Å². The minimum absolute atomic E-state index is 0.154. The predicted octanol–water partition coefficient (Wildman–Crippen LogP) is 5.38. The molecule has 20 heavy (non-hydrogen) atoms. The van der Waals surface area contributed by atoms with Crippen molar-refractivity contribution in [2.75, 3.05) is 0 Å². The second-order valence-electron chi connectivity index (χ2n) is 7.32. The monoisotopic (exact) mass is 272 g/mol. The summed E-state index contributed by atoms with van der Waals surface area (Å²) in [6.45, 7) is 8.87. The van der Waals surface area contributed by atoms with Crippen LogP contribution >= 0.6 is 0 Å². The molecule has 0 bridgehead atoms. The minimum atomic E-state index is 0.154. The van der Waals surface area contributed by atoms with Crippen molar-refractivity contribution >= 4 is 5.78 Å². The first-order chi connectivity index (χ1) is 9.41. The molecule has 0 radical (unpaired) electrons. The number of ketones is 1. The van der Waals surface area contributed by atoms with Gasteiger partial charge in [0.05, 0.1) is 0 Å². The average Bonchev–Trinajstić information content (AvgIpc) is 2.46. The van der Waals surface area contributed by atoms with Crippen LogP contribution in [0, 0.1) is 11.8 Å². The Morgan fingerprint density at radius 3 is 2.05 bits per heavy atom. The summed E-state index contributed by atoms with van der Waals surface area (Å²) in [6, 6.07) is 8.28. The lowest BCUT2D eigenvalue weighted by Gasteiger charge is -2.27. The molecule has 1 aromatic rings. The lowest BCUT2D eigenvalue weighted by atomic mass is 9.77. The van der Waals surface area contributed by atoms with Crippen LogP contribution in [0.1, 0.15) is 75.7 Å². The zero-order chi connectivity index (χ0) is 14.8. The Morgan fingerprint density at radius 2 is 1.60 bits per heavy atom. The standard InChI is InChI=1S/C19H28O/c1-5-14-6-8-15(9-7-14)18(20)16-10-12-17(13-11-16)19(2,3)4/h10-15H,5-9H2,1-4H3. The quantitative estimate of drug-likeness (QED) is 0.675. The van der Waals surface area contributed by atoms with Gasteiger partial charge in [-0.2, -0.15) is 0 Å². The molecule has 1 aliphatic rings. The van der Waals surface area contributed by atoms with Crippen molar-refractivity contribution < 1.29 is 4.79 Å². The molecule has 0 aromatic heterocycles. The number of benzene rings is 1. The summed E-state index contributed by atoms with van der Waals surface area (Å²) < 4.78 is 0. The summed E-state index contributed by atoms with van der Waals surface area (Å²) >= 11 is 0. The summed E-state index contributed by atoms with van der Waals surface area (Å²) in [6.07, 6.45) is 5.89. The summed E-state index contributed by atoms with van der Waals surface area (Å²) in [5.41, 5.74) is 2.35. The Morgan fingerprint density at radius 1 is 1.05 bits per heavy atom. The zero-order valence-electron chi connectivity index (χ0n) is 13.4. The fourth-order valence-corrected chi connectivity index (χ4v) is 3.20. The van der Waals surface area contributed by atoms with E-state index in [1.165, 1.54) is 24.8 Å². The molecule has 1 aromatic carbocycles. The van der Waals surface area contributed by atoms with E-state index in [4.69, 9.17) is 0 Å². The van der Waals surface area contributed by atoms with Crippen LogP contribution in [0.25, 0.3) is 0 Å². The largest absolute Gasteiger partial charge is 0.294 e. The van der Waals surface area contributed by atoms with Crippen LogP contribution in [0.15, 0.2) is 24.3 Å². The maximum absolute atomic E-state index is 12.6. The highest BCUT2D eigenvalue weighted by atomic mass is 16.1. The Kier molecular flexibility index (Phi) is 4.67. The number of carbonyl (C=O) groups is 1. The second kappa shape index (κ2) is 6.11. The Hall–Kier alpha value is -1.11. The Balaban J connectivity index is 2.03.